The summed E-state index contributed by atoms with van der Waals surface area (Å²) >= 11 is 6.02. The number of nitrogens with zero attached hydrogens (tertiary/aromatic N) is 2. The molecule has 2 fully saturated rings. The second-order valence-corrected chi connectivity index (χ2v) is 6.79. The van der Waals surface area contributed by atoms with Gasteiger partial charge in [0.1, 0.15) is 0 Å². The molecule has 1 amide bonds. The van der Waals surface area contributed by atoms with E-state index in [9.17, 15) is 4.79 Å². The van der Waals surface area contributed by atoms with Gasteiger partial charge >= 0.3 is 0 Å². The molecule has 126 valence electrons. The molecule has 0 spiro atoms. The summed E-state index contributed by atoms with van der Waals surface area (Å²) in [5.74, 6) is 0.372. The highest BCUT2D eigenvalue weighted by atomic mass is 35.5. The molecule has 0 saturated carbocycles. The van der Waals surface area contributed by atoms with Crippen LogP contribution < -0.4 is 16.2 Å². The van der Waals surface area contributed by atoms with Crippen molar-refractivity contribution >= 4 is 17.5 Å². The van der Waals surface area contributed by atoms with E-state index in [1.165, 1.54) is 0 Å². The highest BCUT2D eigenvalue weighted by molar-refractivity contribution is 6.30. The minimum absolute atomic E-state index is 0.0659. The van der Waals surface area contributed by atoms with Crippen molar-refractivity contribution in [3.63, 3.8) is 0 Å². The zero-order valence-electron chi connectivity index (χ0n) is 13.4. The Bertz CT molecular complexity index is 744. The highest BCUT2D eigenvalue weighted by Gasteiger charge is 2.47. The molecule has 4 unspecified atom stereocenters. The molecule has 2 aromatic rings. The number of nitrogens with one attached hydrogen (secondary N) is 3. The summed E-state index contributed by atoms with van der Waals surface area (Å²) in [5, 5.41) is 3.77. The van der Waals surface area contributed by atoms with Gasteiger partial charge in [-0.1, -0.05) is 23.7 Å². The van der Waals surface area contributed by atoms with E-state index in [0.717, 1.165) is 22.8 Å². The zero-order chi connectivity index (χ0) is 16.7. The van der Waals surface area contributed by atoms with Crippen LogP contribution in [0.4, 0.5) is 0 Å². The Morgan fingerprint density at radius 2 is 2.08 bits per heavy atom. The van der Waals surface area contributed by atoms with Crippen molar-refractivity contribution in [2.24, 2.45) is 5.92 Å². The van der Waals surface area contributed by atoms with E-state index in [1.807, 2.05) is 36.8 Å². The number of rotatable bonds is 3. The van der Waals surface area contributed by atoms with E-state index in [1.54, 1.807) is 0 Å². The van der Waals surface area contributed by atoms with Crippen molar-refractivity contribution < 1.29 is 4.79 Å². The zero-order valence-corrected chi connectivity index (χ0v) is 14.1. The van der Waals surface area contributed by atoms with Gasteiger partial charge < -0.3 is 9.88 Å². The van der Waals surface area contributed by atoms with E-state index in [4.69, 9.17) is 11.6 Å². The minimum Gasteiger partial charge on any atom is -0.339 e. The van der Waals surface area contributed by atoms with Gasteiger partial charge in [0.15, 0.2) is 0 Å². The summed E-state index contributed by atoms with van der Waals surface area (Å²) in [6, 6.07) is 7.97. The Hall–Kier alpha value is -1.89. The lowest BCUT2D eigenvalue weighted by Gasteiger charge is -2.36. The number of hydrogen-bond donors (Lipinski definition) is 3. The number of halogens is 1. The van der Waals surface area contributed by atoms with Gasteiger partial charge in [0.25, 0.3) is 0 Å². The molecule has 4 atom stereocenters. The van der Waals surface area contributed by atoms with Gasteiger partial charge in [-0.25, -0.2) is 15.8 Å². The molecule has 24 heavy (non-hydrogen) atoms. The maximum Gasteiger partial charge on any atom is 0.221 e. The Morgan fingerprint density at radius 1 is 1.29 bits per heavy atom. The summed E-state index contributed by atoms with van der Waals surface area (Å²) in [5.41, 5.74) is 8.86. The first-order valence-corrected chi connectivity index (χ1v) is 8.61. The highest BCUT2D eigenvalue weighted by Crippen LogP contribution is 2.43. The second kappa shape index (κ2) is 6.20. The number of piperidine rings is 1. The Kier molecular flexibility index (Phi) is 4.04. The van der Waals surface area contributed by atoms with Crippen LogP contribution in [0.25, 0.3) is 0 Å². The van der Waals surface area contributed by atoms with Crippen molar-refractivity contribution in [2.45, 2.75) is 38.0 Å². The quantitative estimate of drug-likeness (QED) is 0.795. The summed E-state index contributed by atoms with van der Waals surface area (Å²) in [6.45, 7) is 2.94. The minimum atomic E-state index is -0.0999. The van der Waals surface area contributed by atoms with Crippen LogP contribution >= 0.6 is 11.6 Å². The van der Waals surface area contributed by atoms with Gasteiger partial charge in [0.2, 0.25) is 5.91 Å². The molecule has 7 heteroatoms. The van der Waals surface area contributed by atoms with E-state index < -0.39 is 0 Å². The number of amides is 1. The number of carbonyl (C=O) groups is 1. The second-order valence-electron chi connectivity index (χ2n) is 6.36. The van der Waals surface area contributed by atoms with Crippen molar-refractivity contribution in [2.75, 3.05) is 0 Å². The lowest BCUT2D eigenvalue weighted by atomic mass is 9.76. The third-order valence-corrected chi connectivity index (χ3v) is 5.30. The van der Waals surface area contributed by atoms with Crippen LogP contribution in [0.1, 0.15) is 36.6 Å². The molecular weight excluding hydrogens is 326 g/mol. The SMILES string of the molecule is CCn1cncc1C1CC(=O)NC2NNC(c3ccc(Cl)cc3)C21. The number of fused-ring (bicyclic) bond motifs is 1. The average Bonchev–Trinajstić information content (AvgIpc) is 3.21. The van der Waals surface area contributed by atoms with Gasteiger partial charge in [-0.05, 0) is 24.6 Å². The first kappa shape index (κ1) is 15.6. The van der Waals surface area contributed by atoms with Gasteiger partial charge in [0, 0.05) is 41.7 Å². The molecule has 4 rings (SSSR count). The van der Waals surface area contributed by atoms with Crippen molar-refractivity contribution in [1.29, 1.82) is 0 Å². The van der Waals surface area contributed by atoms with E-state index in [0.29, 0.717) is 6.42 Å². The Labute approximate surface area is 145 Å². The maximum absolute atomic E-state index is 12.2. The molecule has 2 aliphatic heterocycles. The number of hydrazine groups is 1. The monoisotopic (exact) mass is 345 g/mol. The van der Waals surface area contributed by atoms with Crippen LogP contribution in [0.3, 0.4) is 0 Å². The number of benzene rings is 1. The van der Waals surface area contributed by atoms with Crippen LogP contribution in [-0.2, 0) is 11.3 Å². The van der Waals surface area contributed by atoms with Crippen molar-refractivity contribution in [1.82, 2.24) is 25.7 Å². The number of hydrogen-bond acceptors (Lipinski definition) is 4. The number of imidazole rings is 1. The van der Waals surface area contributed by atoms with Crippen LogP contribution in [0.2, 0.25) is 5.02 Å². The molecule has 1 aromatic carbocycles. The summed E-state index contributed by atoms with van der Waals surface area (Å²) in [7, 11) is 0. The topological polar surface area (TPSA) is 71.0 Å². The van der Waals surface area contributed by atoms with E-state index in [2.05, 4.69) is 32.6 Å². The van der Waals surface area contributed by atoms with E-state index >= 15 is 0 Å². The smallest absolute Gasteiger partial charge is 0.221 e. The summed E-state index contributed by atoms with van der Waals surface area (Å²) in [4.78, 5) is 16.5. The molecule has 1 aromatic heterocycles. The number of aryl methyl sites for hydroxylation is 1. The predicted octanol–water partition coefficient (Wildman–Crippen LogP) is 1.95. The Balaban J connectivity index is 1.72. The molecule has 2 aliphatic rings. The molecule has 0 bridgehead atoms. The normalized spacial score (nSPS) is 29.3. The van der Waals surface area contributed by atoms with Crippen molar-refractivity contribution in [3.8, 4) is 0 Å². The van der Waals surface area contributed by atoms with Crippen LogP contribution in [0.5, 0.6) is 0 Å². The van der Waals surface area contributed by atoms with Crippen LogP contribution in [0, 0.1) is 5.92 Å². The van der Waals surface area contributed by atoms with Gasteiger partial charge in [-0.3, -0.25) is 4.79 Å². The van der Waals surface area contributed by atoms with Gasteiger partial charge in [-0.15, -0.1) is 0 Å². The fourth-order valence-corrected chi connectivity index (χ4v) is 4.04. The summed E-state index contributed by atoms with van der Waals surface area (Å²) < 4.78 is 2.12. The first-order chi connectivity index (χ1) is 11.7. The molecule has 3 heterocycles. The number of carbonyl (C=O) groups excluding carboxylic acids is 1. The molecule has 3 N–H and O–H groups in total. The average molecular weight is 346 g/mol. The standard InChI is InChI=1S/C17H20ClN5O/c1-2-23-9-19-8-13(23)12-7-14(24)20-17-15(12)16(21-22-17)10-3-5-11(18)6-4-10/h3-6,8-9,12,15-17,21-22H,2,7H2,1H3,(H,20,24). The molecule has 0 radical (unpaired) electrons. The Morgan fingerprint density at radius 3 is 2.83 bits per heavy atom. The molecular formula is C17H20ClN5O. The number of aromatic nitrogens is 2. The van der Waals surface area contributed by atoms with Crippen LogP contribution in [-0.4, -0.2) is 21.6 Å². The summed E-state index contributed by atoms with van der Waals surface area (Å²) in [6.07, 6.45) is 4.10. The van der Waals surface area contributed by atoms with Crippen molar-refractivity contribution in [3.05, 3.63) is 53.1 Å². The predicted molar refractivity (Wildman–Crippen MR) is 91.1 cm³/mol. The first-order valence-electron chi connectivity index (χ1n) is 8.23. The van der Waals surface area contributed by atoms with Gasteiger partial charge in [-0.2, -0.15) is 0 Å². The fraction of sp³-hybridized carbons (Fsp3) is 0.412. The van der Waals surface area contributed by atoms with Crippen LogP contribution in [0.15, 0.2) is 36.8 Å². The molecule has 6 nitrogen and oxygen atoms in total. The molecule has 2 saturated heterocycles. The lowest BCUT2D eigenvalue weighted by Crippen LogP contribution is -2.52. The fourth-order valence-electron chi connectivity index (χ4n) is 3.91. The lowest BCUT2D eigenvalue weighted by molar-refractivity contribution is -0.125. The maximum atomic E-state index is 12.2. The molecule has 0 aliphatic carbocycles. The third-order valence-electron chi connectivity index (χ3n) is 5.04. The third kappa shape index (κ3) is 2.60. The van der Waals surface area contributed by atoms with Gasteiger partial charge in [0.05, 0.1) is 18.5 Å². The largest absolute Gasteiger partial charge is 0.339 e. The van der Waals surface area contributed by atoms with E-state index in [-0.39, 0.29) is 30.0 Å².